The summed E-state index contributed by atoms with van der Waals surface area (Å²) >= 11 is 0. The van der Waals surface area contributed by atoms with Gasteiger partial charge < -0.3 is 16.4 Å². The highest BCUT2D eigenvalue weighted by Gasteiger charge is 2.42. The molecule has 1 fully saturated rings. The van der Waals surface area contributed by atoms with Gasteiger partial charge in [-0.2, -0.15) is 4.31 Å². The van der Waals surface area contributed by atoms with Gasteiger partial charge in [0.05, 0.1) is 5.54 Å². The van der Waals surface area contributed by atoms with Gasteiger partial charge in [-0.25, -0.2) is 12.8 Å². The van der Waals surface area contributed by atoms with Crippen LogP contribution in [0.1, 0.15) is 52.5 Å². The van der Waals surface area contributed by atoms with Crippen molar-refractivity contribution in [3.05, 3.63) is 66.0 Å². The van der Waals surface area contributed by atoms with E-state index in [-0.39, 0.29) is 24.1 Å². The first-order chi connectivity index (χ1) is 19.3. The van der Waals surface area contributed by atoms with E-state index in [0.717, 1.165) is 18.4 Å². The summed E-state index contributed by atoms with van der Waals surface area (Å²) in [5.41, 5.74) is 6.99. The average molecular weight is 590 g/mol. The second-order valence-electron chi connectivity index (χ2n) is 11.4. The van der Waals surface area contributed by atoms with Crippen molar-refractivity contribution in [3.8, 4) is 0 Å². The van der Waals surface area contributed by atoms with Crippen LogP contribution in [0, 0.1) is 11.7 Å². The van der Waals surface area contributed by atoms with Crippen LogP contribution in [0.15, 0.2) is 54.6 Å². The maximum absolute atomic E-state index is 13.7. The van der Waals surface area contributed by atoms with Gasteiger partial charge in [-0.3, -0.25) is 14.5 Å². The summed E-state index contributed by atoms with van der Waals surface area (Å²) in [4.78, 5) is 28.2. The fourth-order valence-corrected chi connectivity index (χ4v) is 6.66. The molecule has 0 unspecified atom stereocenters. The third kappa shape index (κ3) is 9.06. The molecule has 41 heavy (non-hydrogen) atoms. The van der Waals surface area contributed by atoms with Gasteiger partial charge >= 0.3 is 0 Å². The maximum atomic E-state index is 13.7. The Morgan fingerprint density at radius 1 is 1.07 bits per heavy atom. The predicted octanol–water partition coefficient (Wildman–Crippen LogP) is 3.33. The second kappa shape index (κ2) is 14.4. The van der Waals surface area contributed by atoms with Crippen molar-refractivity contribution in [1.82, 2.24) is 14.5 Å². The number of amides is 2. The van der Waals surface area contributed by atoms with E-state index in [1.54, 1.807) is 25.7 Å². The van der Waals surface area contributed by atoms with Gasteiger partial charge in [-0.15, -0.1) is 0 Å². The van der Waals surface area contributed by atoms with Crippen molar-refractivity contribution in [2.24, 2.45) is 11.7 Å². The summed E-state index contributed by atoms with van der Waals surface area (Å²) in [6.45, 7) is 8.50. The number of carbonyl (C=O) groups is 2. The Hall–Kier alpha value is -2.86. The number of nitrogens with zero attached hydrogens (tertiary/aromatic N) is 2. The van der Waals surface area contributed by atoms with Gasteiger partial charge in [0.1, 0.15) is 11.7 Å². The molecular weight excluding hydrogens is 545 g/mol. The van der Waals surface area contributed by atoms with E-state index in [2.05, 4.69) is 10.6 Å². The predicted molar refractivity (Wildman–Crippen MR) is 160 cm³/mol. The number of hydrogen-bond acceptors (Lipinski definition) is 6. The topological polar surface area (TPSA) is 125 Å². The van der Waals surface area contributed by atoms with Crippen molar-refractivity contribution in [2.45, 2.75) is 71.0 Å². The van der Waals surface area contributed by atoms with E-state index in [4.69, 9.17) is 5.73 Å². The number of unbranched alkanes of at least 4 members (excludes halogenated alkanes) is 1. The first-order valence-electron chi connectivity index (χ1n) is 14.2. The molecule has 3 atom stereocenters. The van der Waals surface area contributed by atoms with E-state index in [1.165, 1.54) is 28.6 Å². The zero-order chi connectivity index (χ0) is 30.2. The summed E-state index contributed by atoms with van der Waals surface area (Å²) in [5, 5.41) is 5.87. The molecule has 2 aromatic rings. The fourth-order valence-electron chi connectivity index (χ4n) is 4.89. The van der Waals surface area contributed by atoms with Crippen LogP contribution < -0.4 is 16.4 Å². The van der Waals surface area contributed by atoms with E-state index < -0.39 is 39.4 Å². The lowest BCUT2D eigenvalue weighted by molar-refractivity contribution is -0.132. The molecule has 0 aliphatic carbocycles. The Morgan fingerprint density at radius 2 is 1.73 bits per heavy atom. The molecule has 2 aromatic carbocycles. The van der Waals surface area contributed by atoms with Gasteiger partial charge in [0.2, 0.25) is 21.8 Å². The first kappa shape index (κ1) is 32.7. The zero-order valence-electron chi connectivity index (χ0n) is 24.5. The Bertz CT molecular complexity index is 1260. The van der Waals surface area contributed by atoms with Gasteiger partial charge in [0, 0.05) is 43.3 Å². The highest BCUT2D eigenvalue weighted by Crippen LogP contribution is 2.23. The summed E-state index contributed by atoms with van der Waals surface area (Å²) in [7, 11) is -3.52. The molecule has 11 heteroatoms. The number of sulfonamides is 1. The number of rotatable bonds is 13. The largest absolute Gasteiger partial charge is 0.350 e. The Morgan fingerprint density at radius 3 is 2.34 bits per heavy atom. The molecule has 0 bridgehead atoms. The number of benzene rings is 2. The summed E-state index contributed by atoms with van der Waals surface area (Å²) in [6.07, 6.45) is 2.43. The minimum absolute atomic E-state index is 0.229. The molecule has 3 rings (SSSR count). The SMILES string of the molecule is CCCCN1CCN(C(C)(C)C(=O)N[C@@H](Cc2ccccc2)[C@@H](N)C[C@@H](C)C(=O)Nc2ccc(F)cc2)CS1(=O)=O. The second-order valence-corrected chi connectivity index (χ2v) is 13.3. The van der Waals surface area contributed by atoms with Crippen LogP contribution in [-0.4, -0.2) is 72.6 Å². The summed E-state index contributed by atoms with van der Waals surface area (Å²) < 4.78 is 40.6. The number of anilines is 1. The van der Waals surface area contributed by atoms with E-state index >= 15 is 0 Å². The lowest BCUT2D eigenvalue weighted by atomic mass is 9.91. The molecular formula is C30H44FN5O4S. The van der Waals surface area contributed by atoms with Gasteiger partial charge in [-0.05, 0) is 62.9 Å². The van der Waals surface area contributed by atoms with Crippen LogP contribution in [0.4, 0.5) is 10.1 Å². The number of hydrogen-bond donors (Lipinski definition) is 3. The normalized spacial score (nSPS) is 18.3. The van der Waals surface area contributed by atoms with Crippen LogP contribution in [0.3, 0.4) is 0 Å². The molecule has 0 spiro atoms. The molecule has 9 nitrogen and oxygen atoms in total. The van der Waals surface area contributed by atoms with Gasteiger partial charge in [0.15, 0.2) is 0 Å². The molecule has 1 aliphatic heterocycles. The molecule has 2 amide bonds. The van der Waals surface area contributed by atoms with Crippen molar-refractivity contribution >= 4 is 27.5 Å². The highest BCUT2D eigenvalue weighted by molar-refractivity contribution is 7.89. The average Bonchev–Trinajstić information content (AvgIpc) is 2.93. The van der Waals surface area contributed by atoms with Crippen LogP contribution in [0.5, 0.6) is 0 Å². The smallest absolute Gasteiger partial charge is 0.240 e. The molecule has 0 saturated carbocycles. The number of nitrogens with one attached hydrogen (secondary N) is 2. The minimum atomic E-state index is -3.52. The van der Waals surface area contributed by atoms with Crippen molar-refractivity contribution in [2.75, 3.05) is 30.8 Å². The molecule has 0 radical (unpaired) electrons. The Kier molecular flexibility index (Phi) is 11.4. The Labute approximate surface area is 243 Å². The van der Waals surface area contributed by atoms with Gasteiger partial charge in [0.25, 0.3) is 0 Å². The summed E-state index contributed by atoms with van der Waals surface area (Å²) in [6, 6.07) is 14.1. The number of halogens is 1. The van der Waals surface area contributed by atoms with E-state index in [1.807, 2.05) is 37.3 Å². The van der Waals surface area contributed by atoms with Crippen molar-refractivity contribution in [3.63, 3.8) is 0 Å². The molecule has 1 saturated heterocycles. The molecule has 1 heterocycles. The van der Waals surface area contributed by atoms with Crippen molar-refractivity contribution in [1.29, 1.82) is 0 Å². The Balaban J connectivity index is 1.71. The third-order valence-corrected chi connectivity index (χ3v) is 9.55. The van der Waals surface area contributed by atoms with Crippen LogP contribution in [0.25, 0.3) is 0 Å². The fraction of sp³-hybridized carbons (Fsp3) is 0.533. The lowest BCUT2D eigenvalue weighted by Crippen LogP contribution is -2.64. The standard InChI is InChI=1S/C30H44FN5O4S/c1-5-6-16-36-18-17-35(21-41(36,39)40)30(3,4)29(38)34-27(20-23-10-8-7-9-11-23)26(32)19-22(2)28(37)33-25-14-12-24(31)13-15-25/h7-15,22,26-27H,5-6,16-21,32H2,1-4H3,(H,33,37)(H,34,38)/t22-,26+,27+/m1/s1. The first-order valence-corrected chi connectivity index (χ1v) is 15.8. The third-order valence-electron chi connectivity index (χ3n) is 7.76. The monoisotopic (exact) mass is 589 g/mol. The molecule has 0 aromatic heterocycles. The summed E-state index contributed by atoms with van der Waals surface area (Å²) in [5.74, 6) is -1.69. The maximum Gasteiger partial charge on any atom is 0.240 e. The molecule has 1 aliphatic rings. The number of nitrogens with two attached hydrogens (primary N) is 1. The molecule has 4 N–H and O–H groups in total. The minimum Gasteiger partial charge on any atom is -0.350 e. The van der Waals surface area contributed by atoms with Crippen molar-refractivity contribution < 1.29 is 22.4 Å². The molecule has 226 valence electrons. The quantitative estimate of drug-likeness (QED) is 0.329. The van der Waals surface area contributed by atoms with Gasteiger partial charge in [-0.1, -0.05) is 50.6 Å². The zero-order valence-corrected chi connectivity index (χ0v) is 25.3. The lowest BCUT2D eigenvalue weighted by Gasteiger charge is -2.43. The highest BCUT2D eigenvalue weighted by atomic mass is 32.2. The van der Waals surface area contributed by atoms with Crippen LogP contribution >= 0.6 is 0 Å². The van der Waals surface area contributed by atoms with Crippen LogP contribution in [-0.2, 0) is 26.0 Å². The van der Waals surface area contributed by atoms with Crippen LogP contribution in [0.2, 0.25) is 0 Å². The van der Waals surface area contributed by atoms with E-state index in [0.29, 0.717) is 31.7 Å². The van der Waals surface area contributed by atoms with E-state index in [9.17, 15) is 22.4 Å². The number of carbonyl (C=O) groups excluding carboxylic acids is 2.